The molecule has 3 saturated carbocycles. The molecule has 6 atom stereocenters. The Morgan fingerprint density at radius 2 is 0.586 bits per heavy atom. The first-order chi connectivity index (χ1) is 67.7. The van der Waals surface area contributed by atoms with Crippen LogP contribution in [0.3, 0.4) is 0 Å². The van der Waals surface area contributed by atoms with Gasteiger partial charge < -0.3 is 28.4 Å². The van der Waals surface area contributed by atoms with Crippen molar-refractivity contribution in [3.05, 3.63) is 249 Å². The zero-order valence-corrected chi connectivity index (χ0v) is 94.9. The molecule has 12 heterocycles. The molecule has 0 spiro atoms. The number of anilines is 6. The monoisotopic (exact) mass is 1910 g/mol. The third-order valence-corrected chi connectivity index (χ3v) is 40.8. The molecule has 9 aliphatic heterocycles. The molecule has 3 aliphatic carbocycles. The van der Waals surface area contributed by atoms with Crippen molar-refractivity contribution >= 4 is 169 Å². The standard InChI is InChI=1S/C48H57BN2.C46H55BN2.C42H49BN2/c1-44(2,3)30-19-20-38-33(21-30)34-22-31(45(4,5)6)24-36-42(34)50(38)39-17-14-18-40-41(39)49(36)37-25-32(46(7,8)9)23-35-43(37)51(40)48(11)27-29-16-13-12-15-28(29)26-47(35,48)10;1-12-45-21-14-15-22-46(45,13-2)49-38-18-16-17-37-39(38)47(35-27-30(44(9,10)11)25-33(45)41(35)49)34-26-29(43(6,7)8)24-32-31-23-28(42(3,4)5)19-20-36(31)48(37)40(32)34;1-38(2,3)24-17-18-32-27(19-24)28-20-25(39(4,5)6)22-30-36(28)44(32)33-15-14-16-34-35(33)43(30)31-23-26(40(7,8)9)21-29-37(31)45(34)42(12,13)41(29,10)11/h14,17-25,28-29H,12-13,15-16,26-27H2,1-11H3;16-20,23-27H,12-15,21-22H2,1-11H3;14-23H,1-13H3. The Kier molecular flexibility index (Phi) is 19.7. The summed E-state index contributed by atoms with van der Waals surface area (Å²) in [5.74, 6) is 1.67. The molecule has 6 nitrogen and oxygen atoms in total. The van der Waals surface area contributed by atoms with Crippen LogP contribution in [0.25, 0.3) is 82.5 Å². The highest BCUT2D eigenvalue weighted by Crippen LogP contribution is 2.69. The normalized spacial score (nSPS) is 22.4. The predicted octanol–water partition coefficient (Wildman–Crippen LogP) is 30.0. The topological polar surface area (TPSA) is 24.5 Å². The Morgan fingerprint density at radius 3 is 0.952 bits per heavy atom. The first-order valence-electron chi connectivity index (χ1n) is 56.5. The van der Waals surface area contributed by atoms with Gasteiger partial charge in [-0.25, -0.2) is 0 Å². The van der Waals surface area contributed by atoms with Crippen LogP contribution in [-0.2, 0) is 65.0 Å². The average molecular weight is 1910 g/mol. The molecule has 6 unspecified atom stereocenters. The molecule has 0 amide bonds. The van der Waals surface area contributed by atoms with Gasteiger partial charge in [0.2, 0.25) is 0 Å². The maximum atomic E-state index is 2.95. The molecular formula is C136H161B3N6. The van der Waals surface area contributed by atoms with E-state index in [1.165, 1.54) is 276 Å². The molecule has 3 fully saturated rings. The number of hydrogen-bond acceptors (Lipinski definition) is 3. The summed E-state index contributed by atoms with van der Waals surface area (Å²) in [5, 5.41) is 8.37. The van der Waals surface area contributed by atoms with Gasteiger partial charge in [-0.3, -0.25) is 0 Å². The van der Waals surface area contributed by atoms with Crippen molar-refractivity contribution in [1.29, 1.82) is 0 Å². The first-order valence-corrected chi connectivity index (χ1v) is 56.5. The van der Waals surface area contributed by atoms with E-state index in [1.54, 1.807) is 33.4 Å². The smallest absolute Gasteiger partial charge is 0.252 e. The Hall–Kier alpha value is -10.4. The molecule has 0 N–H and O–H groups in total. The highest BCUT2D eigenvalue weighted by Gasteiger charge is 2.68. The molecule has 0 bridgehead atoms. The van der Waals surface area contributed by atoms with Crippen LogP contribution in [0.1, 0.15) is 386 Å². The third kappa shape index (κ3) is 12.7. The van der Waals surface area contributed by atoms with E-state index >= 15 is 0 Å². The number of aromatic nitrogens is 3. The Labute approximate surface area is 869 Å². The Bertz CT molecular complexity index is 8200. The van der Waals surface area contributed by atoms with Crippen molar-refractivity contribution < 1.29 is 0 Å². The second-order valence-electron chi connectivity index (χ2n) is 58.7. The van der Waals surface area contributed by atoms with Gasteiger partial charge in [-0.05, 0) is 327 Å². The zero-order valence-electron chi connectivity index (χ0n) is 94.9. The Balaban J connectivity index is 0.000000114. The van der Waals surface area contributed by atoms with Crippen LogP contribution in [0, 0.1) is 11.8 Å². The van der Waals surface area contributed by atoms with E-state index in [4.69, 9.17) is 0 Å². The highest BCUT2D eigenvalue weighted by atomic mass is 15.3. The van der Waals surface area contributed by atoms with E-state index in [9.17, 15) is 0 Å². The second-order valence-corrected chi connectivity index (χ2v) is 58.7. The largest absolute Gasteiger partial charge is 0.336 e. The lowest BCUT2D eigenvalue weighted by atomic mass is 9.33. The molecule has 12 aromatic carbocycles. The van der Waals surface area contributed by atoms with Crippen LogP contribution in [0.2, 0.25) is 0 Å². The van der Waals surface area contributed by atoms with Gasteiger partial charge in [-0.1, -0.05) is 351 Å². The van der Waals surface area contributed by atoms with Gasteiger partial charge in [-0.15, -0.1) is 0 Å². The summed E-state index contributed by atoms with van der Waals surface area (Å²) in [7, 11) is 0. The number of benzene rings is 12. The van der Waals surface area contributed by atoms with E-state index in [0.29, 0.717) is 0 Å². The van der Waals surface area contributed by atoms with Crippen molar-refractivity contribution in [2.45, 2.75) is 401 Å². The lowest BCUT2D eigenvalue weighted by Crippen LogP contribution is -2.65. The van der Waals surface area contributed by atoms with Crippen molar-refractivity contribution in [1.82, 2.24) is 13.7 Å². The first kappa shape index (κ1) is 95.5. The summed E-state index contributed by atoms with van der Waals surface area (Å²) in [6, 6.07) is 74.8. The van der Waals surface area contributed by atoms with E-state index in [2.05, 4.69) is 453 Å². The minimum atomic E-state index is -0.0933. The van der Waals surface area contributed by atoms with Crippen molar-refractivity contribution in [2.24, 2.45) is 11.8 Å². The molecule has 744 valence electrons. The molecule has 9 heteroatoms. The summed E-state index contributed by atoms with van der Waals surface area (Å²) in [5.41, 5.74) is 53.2. The highest BCUT2D eigenvalue weighted by molar-refractivity contribution is 7.02. The molecule has 0 saturated heterocycles. The fourth-order valence-electron chi connectivity index (χ4n) is 31.6. The lowest BCUT2D eigenvalue weighted by molar-refractivity contribution is 0.0581. The molecular weight excluding hydrogens is 1750 g/mol. The average Bonchev–Trinajstić information content (AvgIpc) is 1.50. The van der Waals surface area contributed by atoms with Gasteiger partial charge in [0, 0.05) is 122 Å². The predicted molar refractivity (Wildman–Crippen MR) is 631 cm³/mol. The minimum Gasteiger partial charge on any atom is -0.336 e. The third-order valence-electron chi connectivity index (χ3n) is 40.8. The molecule has 145 heavy (non-hydrogen) atoms. The number of nitrogens with zero attached hydrogens (tertiary/aromatic N) is 6. The number of rotatable bonds is 2. The summed E-state index contributed by atoms with van der Waals surface area (Å²) < 4.78 is 7.95. The summed E-state index contributed by atoms with van der Waals surface area (Å²) in [6.45, 7) is 85.0. The van der Waals surface area contributed by atoms with Gasteiger partial charge in [0.05, 0.1) is 27.6 Å². The van der Waals surface area contributed by atoms with Crippen LogP contribution in [0.5, 0.6) is 0 Å². The minimum absolute atomic E-state index is 0.0253. The molecule has 3 aromatic heterocycles. The molecule has 15 aromatic rings. The fraction of sp³-hybridized carbons (Fsp3) is 0.471. The van der Waals surface area contributed by atoms with Gasteiger partial charge in [0.1, 0.15) is 0 Å². The van der Waals surface area contributed by atoms with E-state index < -0.39 is 0 Å². The van der Waals surface area contributed by atoms with Crippen molar-refractivity contribution in [3.8, 4) is 17.1 Å². The van der Waals surface area contributed by atoms with E-state index in [-0.39, 0.29) is 102 Å². The van der Waals surface area contributed by atoms with Crippen molar-refractivity contribution in [2.75, 3.05) is 14.7 Å². The maximum absolute atomic E-state index is 2.95. The fourth-order valence-corrected chi connectivity index (χ4v) is 31.6. The van der Waals surface area contributed by atoms with Gasteiger partial charge in [0.25, 0.3) is 20.1 Å². The maximum Gasteiger partial charge on any atom is 0.252 e. The molecule has 12 aliphatic rings. The van der Waals surface area contributed by atoms with Gasteiger partial charge in [0.15, 0.2) is 0 Å². The van der Waals surface area contributed by atoms with E-state index in [0.717, 1.165) is 11.8 Å². The molecule has 0 radical (unpaired) electrons. The van der Waals surface area contributed by atoms with Gasteiger partial charge in [-0.2, -0.15) is 0 Å². The lowest BCUT2D eigenvalue weighted by Gasteiger charge is -2.57. The zero-order chi connectivity index (χ0) is 103. The van der Waals surface area contributed by atoms with Crippen molar-refractivity contribution in [3.63, 3.8) is 0 Å². The van der Waals surface area contributed by atoms with Crippen LogP contribution in [-0.4, -0.2) is 50.5 Å². The van der Waals surface area contributed by atoms with Crippen LogP contribution in [0.4, 0.5) is 34.1 Å². The second kappa shape index (κ2) is 29.9. The van der Waals surface area contributed by atoms with Crippen LogP contribution >= 0.6 is 0 Å². The summed E-state index contributed by atoms with van der Waals surface area (Å²) in [4.78, 5) is 8.60. The van der Waals surface area contributed by atoms with Crippen LogP contribution in [0.15, 0.2) is 182 Å². The summed E-state index contributed by atoms with van der Waals surface area (Å²) >= 11 is 0. The molecule has 27 rings (SSSR count). The van der Waals surface area contributed by atoms with Crippen LogP contribution < -0.4 is 63.9 Å². The quantitative estimate of drug-likeness (QED) is 0.161. The SMILES string of the molecule is CC(C)(C)c1cc2c3c(c1)C(C)(C)C(C)(C)N3c1cccc3c1B2c1cc(C(C)(C)C)cc2c4cc(C(C)(C)C)ccc4n-3c12.CC(C)(C)c1cc2c3c(c1)C1(C)CC4CCCCC4CC1(C)N3c1cccc3c1B2c1cc(C(C)(C)C)cc2c4cc(C(C)(C)C)ccc4n-3c12.CCC12CCCCC1(CC)N1c3cccc4c3B(c3cc(C(C)(C)C)cc2c31)c1cc(C(C)(C)C)cc2c3cc(C(C)(C)C)ccc3n-4c12. The van der Waals surface area contributed by atoms with Gasteiger partial charge >= 0.3 is 0 Å². The summed E-state index contributed by atoms with van der Waals surface area (Å²) in [6.07, 6.45) is 15.8. The number of hydrogen-bond donors (Lipinski definition) is 0. The number of fused-ring (bicyclic) bond motifs is 28. The van der Waals surface area contributed by atoms with E-state index in [1.807, 2.05) is 0 Å². The Morgan fingerprint density at radius 1 is 0.283 bits per heavy atom.